The van der Waals surface area contributed by atoms with Crippen molar-refractivity contribution in [3.8, 4) is 0 Å². The van der Waals surface area contributed by atoms with Crippen LogP contribution in [0, 0.1) is 0 Å². The molecule has 0 spiro atoms. The summed E-state index contributed by atoms with van der Waals surface area (Å²) in [6.45, 7) is 3.06. The van der Waals surface area contributed by atoms with Crippen LogP contribution in [-0.2, 0) is 13.1 Å². The Hall–Kier alpha value is -1.65. The summed E-state index contributed by atoms with van der Waals surface area (Å²) in [5, 5.41) is 1.12. The van der Waals surface area contributed by atoms with Gasteiger partial charge in [0.2, 0.25) is 0 Å². The Morgan fingerprint density at radius 2 is 2.05 bits per heavy atom. The monoisotopic (exact) mass is 325 g/mol. The standard InChI is InChI=1S/C15H17Cl2N3O/c1-3-20-9-12(18)7-14(20)15(21)19(2)8-10-4-5-11(16)6-13(10)17/h4-7,9H,3,8,18H2,1-2H3. The summed E-state index contributed by atoms with van der Waals surface area (Å²) in [5.74, 6) is -0.0976. The van der Waals surface area contributed by atoms with E-state index in [1.54, 1.807) is 36.3 Å². The van der Waals surface area contributed by atoms with Crippen molar-refractivity contribution in [1.82, 2.24) is 9.47 Å². The Balaban J connectivity index is 2.19. The van der Waals surface area contributed by atoms with Gasteiger partial charge in [-0.05, 0) is 30.7 Å². The van der Waals surface area contributed by atoms with Gasteiger partial charge < -0.3 is 15.2 Å². The van der Waals surface area contributed by atoms with Gasteiger partial charge in [-0.2, -0.15) is 0 Å². The molecule has 0 aliphatic rings. The summed E-state index contributed by atoms with van der Waals surface area (Å²) in [6.07, 6.45) is 1.76. The molecule has 0 fully saturated rings. The molecule has 0 saturated heterocycles. The van der Waals surface area contributed by atoms with E-state index in [4.69, 9.17) is 28.9 Å². The molecule has 1 amide bonds. The maximum atomic E-state index is 12.5. The lowest BCUT2D eigenvalue weighted by atomic mass is 10.2. The van der Waals surface area contributed by atoms with Crippen molar-refractivity contribution in [2.24, 2.45) is 0 Å². The highest BCUT2D eigenvalue weighted by atomic mass is 35.5. The van der Waals surface area contributed by atoms with Crippen molar-refractivity contribution in [1.29, 1.82) is 0 Å². The SMILES string of the molecule is CCn1cc(N)cc1C(=O)N(C)Cc1ccc(Cl)cc1Cl. The van der Waals surface area contributed by atoms with Gasteiger partial charge in [0.05, 0.1) is 5.69 Å². The van der Waals surface area contributed by atoms with Crippen molar-refractivity contribution in [3.05, 3.63) is 51.8 Å². The number of hydrogen-bond donors (Lipinski definition) is 1. The number of amides is 1. The minimum Gasteiger partial charge on any atom is -0.397 e. The van der Waals surface area contributed by atoms with Crippen molar-refractivity contribution in [3.63, 3.8) is 0 Å². The topological polar surface area (TPSA) is 51.3 Å². The van der Waals surface area contributed by atoms with Gasteiger partial charge in [0.15, 0.2) is 0 Å². The molecule has 2 aromatic rings. The summed E-state index contributed by atoms with van der Waals surface area (Å²) >= 11 is 12.0. The van der Waals surface area contributed by atoms with E-state index in [-0.39, 0.29) is 5.91 Å². The highest BCUT2D eigenvalue weighted by molar-refractivity contribution is 6.35. The van der Waals surface area contributed by atoms with E-state index in [0.29, 0.717) is 34.5 Å². The van der Waals surface area contributed by atoms with Gasteiger partial charge in [0.25, 0.3) is 5.91 Å². The summed E-state index contributed by atoms with van der Waals surface area (Å²) in [6, 6.07) is 6.94. The van der Waals surface area contributed by atoms with Crippen molar-refractivity contribution in [2.75, 3.05) is 12.8 Å². The molecular weight excluding hydrogens is 309 g/mol. The lowest BCUT2D eigenvalue weighted by molar-refractivity contribution is 0.0774. The number of rotatable bonds is 4. The Morgan fingerprint density at radius 1 is 1.33 bits per heavy atom. The first-order chi connectivity index (χ1) is 9.92. The minimum absolute atomic E-state index is 0.0976. The highest BCUT2D eigenvalue weighted by Crippen LogP contribution is 2.23. The first kappa shape index (κ1) is 15.7. The normalized spacial score (nSPS) is 10.7. The molecule has 6 heteroatoms. The number of benzene rings is 1. The zero-order chi connectivity index (χ0) is 15.6. The molecule has 0 saturated carbocycles. The molecule has 2 rings (SSSR count). The number of nitrogens with zero attached hydrogens (tertiary/aromatic N) is 2. The summed E-state index contributed by atoms with van der Waals surface area (Å²) in [7, 11) is 1.73. The van der Waals surface area contributed by atoms with Crippen LogP contribution in [0.25, 0.3) is 0 Å². The van der Waals surface area contributed by atoms with Crippen molar-refractivity contribution in [2.45, 2.75) is 20.0 Å². The Kier molecular flexibility index (Phi) is 4.80. The van der Waals surface area contributed by atoms with Crippen LogP contribution in [0.1, 0.15) is 23.0 Å². The molecule has 0 aliphatic heterocycles. The van der Waals surface area contributed by atoms with Crippen molar-refractivity contribution < 1.29 is 4.79 Å². The van der Waals surface area contributed by atoms with E-state index < -0.39 is 0 Å². The Morgan fingerprint density at radius 3 is 2.67 bits per heavy atom. The number of halogens is 2. The maximum Gasteiger partial charge on any atom is 0.270 e. The van der Waals surface area contributed by atoms with Crippen LogP contribution in [0.5, 0.6) is 0 Å². The fourth-order valence-corrected chi connectivity index (χ4v) is 2.61. The van der Waals surface area contributed by atoms with E-state index in [0.717, 1.165) is 5.56 Å². The number of hydrogen-bond acceptors (Lipinski definition) is 2. The molecule has 0 aliphatic carbocycles. The zero-order valence-corrected chi connectivity index (χ0v) is 13.4. The Labute approximate surface area is 134 Å². The van der Waals surface area contributed by atoms with Gasteiger partial charge in [0, 0.05) is 36.4 Å². The summed E-state index contributed by atoms with van der Waals surface area (Å²) < 4.78 is 1.83. The lowest BCUT2D eigenvalue weighted by Crippen LogP contribution is -2.28. The number of carbonyl (C=O) groups is 1. The molecule has 0 atom stereocenters. The molecule has 0 unspecified atom stereocenters. The zero-order valence-electron chi connectivity index (χ0n) is 11.9. The van der Waals surface area contributed by atoms with Gasteiger partial charge in [-0.15, -0.1) is 0 Å². The third-order valence-electron chi connectivity index (χ3n) is 3.25. The van der Waals surface area contributed by atoms with Crippen LogP contribution >= 0.6 is 23.2 Å². The number of carbonyl (C=O) groups excluding carboxylic acids is 1. The molecule has 4 nitrogen and oxygen atoms in total. The van der Waals surface area contributed by atoms with Gasteiger partial charge in [-0.1, -0.05) is 29.3 Å². The molecular formula is C15H17Cl2N3O. The highest BCUT2D eigenvalue weighted by Gasteiger charge is 2.17. The van der Waals surface area contributed by atoms with Crippen molar-refractivity contribution >= 4 is 34.8 Å². The fraction of sp³-hybridized carbons (Fsp3) is 0.267. The van der Waals surface area contributed by atoms with Gasteiger partial charge in [-0.25, -0.2) is 0 Å². The molecule has 21 heavy (non-hydrogen) atoms. The second-order valence-corrected chi connectivity index (χ2v) is 5.69. The van der Waals surface area contributed by atoms with Gasteiger partial charge in [0.1, 0.15) is 5.69 Å². The Bertz CT molecular complexity index is 667. The predicted octanol–water partition coefficient (Wildman–Crippen LogP) is 3.67. The minimum atomic E-state index is -0.0976. The van der Waals surface area contributed by atoms with E-state index in [9.17, 15) is 4.79 Å². The number of anilines is 1. The smallest absolute Gasteiger partial charge is 0.270 e. The molecule has 0 bridgehead atoms. The quantitative estimate of drug-likeness (QED) is 0.932. The number of aryl methyl sites for hydroxylation is 1. The number of nitrogen functional groups attached to an aromatic ring is 1. The average molecular weight is 326 g/mol. The molecule has 0 radical (unpaired) electrons. The largest absolute Gasteiger partial charge is 0.397 e. The van der Waals surface area contributed by atoms with Crippen LogP contribution < -0.4 is 5.73 Å². The molecule has 1 heterocycles. The lowest BCUT2D eigenvalue weighted by Gasteiger charge is -2.19. The molecule has 1 aromatic heterocycles. The third-order valence-corrected chi connectivity index (χ3v) is 3.83. The first-order valence-corrected chi connectivity index (χ1v) is 7.33. The second-order valence-electron chi connectivity index (χ2n) is 4.84. The molecule has 1 aromatic carbocycles. The number of nitrogens with two attached hydrogens (primary N) is 1. The van der Waals surface area contributed by atoms with Gasteiger partial charge >= 0.3 is 0 Å². The van der Waals surface area contributed by atoms with Crippen LogP contribution in [0.4, 0.5) is 5.69 Å². The summed E-state index contributed by atoms with van der Waals surface area (Å²) in [4.78, 5) is 14.1. The van der Waals surface area contributed by atoms with Crippen LogP contribution in [0.15, 0.2) is 30.5 Å². The van der Waals surface area contributed by atoms with Crippen LogP contribution in [-0.4, -0.2) is 22.4 Å². The van der Waals surface area contributed by atoms with Crippen LogP contribution in [0.2, 0.25) is 10.0 Å². The average Bonchev–Trinajstić information content (AvgIpc) is 2.82. The molecule has 2 N–H and O–H groups in total. The second kappa shape index (κ2) is 6.41. The van der Waals surface area contributed by atoms with E-state index in [1.807, 2.05) is 17.6 Å². The third kappa shape index (κ3) is 3.52. The van der Waals surface area contributed by atoms with Gasteiger partial charge in [-0.3, -0.25) is 4.79 Å². The van der Waals surface area contributed by atoms with E-state index in [1.165, 1.54) is 0 Å². The summed E-state index contributed by atoms with van der Waals surface area (Å²) in [5.41, 5.74) is 7.76. The van der Waals surface area contributed by atoms with Crippen LogP contribution in [0.3, 0.4) is 0 Å². The maximum absolute atomic E-state index is 12.5. The molecule has 112 valence electrons. The first-order valence-electron chi connectivity index (χ1n) is 6.57. The predicted molar refractivity (Wildman–Crippen MR) is 86.8 cm³/mol. The number of aromatic nitrogens is 1. The fourth-order valence-electron chi connectivity index (χ4n) is 2.15. The van der Waals surface area contributed by atoms with E-state index in [2.05, 4.69) is 0 Å². The van der Waals surface area contributed by atoms with E-state index >= 15 is 0 Å².